The molecule has 1 aromatic heterocycles. The first-order valence-corrected chi connectivity index (χ1v) is 6.54. The zero-order valence-corrected chi connectivity index (χ0v) is 11.8. The summed E-state index contributed by atoms with van der Waals surface area (Å²) in [6.07, 6.45) is 0. The van der Waals surface area contributed by atoms with Crippen molar-refractivity contribution in [2.45, 2.75) is 13.8 Å². The second-order valence-electron chi connectivity index (χ2n) is 4.89. The molecule has 0 fully saturated rings. The predicted octanol–water partition coefficient (Wildman–Crippen LogP) is 3.93. The summed E-state index contributed by atoms with van der Waals surface area (Å²) in [6, 6.07) is 12.1. The van der Waals surface area contributed by atoms with Gasteiger partial charge in [0.1, 0.15) is 5.75 Å². The molecule has 0 radical (unpaired) electrons. The lowest BCUT2D eigenvalue weighted by Gasteiger charge is -2.13. The van der Waals surface area contributed by atoms with E-state index in [4.69, 9.17) is 4.74 Å². The van der Waals surface area contributed by atoms with Crippen LogP contribution in [0.4, 0.5) is 11.6 Å². The van der Waals surface area contributed by atoms with E-state index in [1.165, 1.54) is 5.56 Å². The third-order valence-corrected chi connectivity index (χ3v) is 3.30. The lowest BCUT2D eigenvalue weighted by molar-refractivity contribution is 0.416. The highest BCUT2D eigenvalue weighted by Crippen LogP contribution is 2.32. The Morgan fingerprint density at radius 2 is 1.95 bits per heavy atom. The molecule has 0 aliphatic carbocycles. The number of nitrogens with one attached hydrogen (secondary N) is 2. The smallest absolute Gasteiger partial charge is 0.205 e. The van der Waals surface area contributed by atoms with Crippen LogP contribution in [0.15, 0.2) is 36.4 Å². The highest BCUT2D eigenvalue weighted by Gasteiger charge is 2.10. The Morgan fingerprint density at radius 3 is 2.70 bits per heavy atom. The fourth-order valence-electron chi connectivity index (χ4n) is 2.38. The number of aromatic nitrogens is 2. The van der Waals surface area contributed by atoms with Crippen molar-refractivity contribution < 1.29 is 4.74 Å². The molecule has 102 valence electrons. The number of ether oxygens (including phenoxy) is 1. The van der Waals surface area contributed by atoms with Gasteiger partial charge in [-0.3, -0.25) is 0 Å². The van der Waals surface area contributed by atoms with E-state index >= 15 is 0 Å². The van der Waals surface area contributed by atoms with Gasteiger partial charge < -0.3 is 15.0 Å². The maximum absolute atomic E-state index is 5.45. The van der Waals surface area contributed by atoms with Gasteiger partial charge in [-0.15, -0.1) is 0 Å². The molecule has 0 amide bonds. The van der Waals surface area contributed by atoms with Crippen LogP contribution in [-0.4, -0.2) is 17.1 Å². The molecule has 0 saturated carbocycles. The van der Waals surface area contributed by atoms with Crippen LogP contribution in [0.25, 0.3) is 11.0 Å². The summed E-state index contributed by atoms with van der Waals surface area (Å²) in [7, 11) is 1.68. The molecule has 4 nitrogen and oxygen atoms in total. The molecule has 1 heterocycles. The van der Waals surface area contributed by atoms with Crippen molar-refractivity contribution in [3.63, 3.8) is 0 Å². The Hall–Kier alpha value is -2.49. The average molecular weight is 267 g/mol. The Balaban J connectivity index is 2.02. The molecule has 0 spiro atoms. The van der Waals surface area contributed by atoms with Crippen LogP contribution in [0.1, 0.15) is 11.1 Å². The lowest BCUT2D eigenvalue weighted by Crippen LogP contribution is -1.99. The number of anilines is 2. The molecule has 0 saturated heterocycles. The first kappa shape index (κ1) is 12.5. The summed E-state index contributed by atoms with van der Waals surface area (Å²) in [5.41, 5.74) is 5.20. The topological polar surface area (TPSA) is 49.9 Å². The van der Waals surface area contributed by atoms with E-state index < -0.39 is 0 Å². The Kier molecular flexibility index (Phi) is 3.06. The van der Waals surface area contributed by atoms with Gasteiger partial charge in [0.05, 0.1) is 23.8 Å². The van der Waals surface area contributed by atoms with E-state index in [1.807, 2.05) is 30.3 Å². The van der Waals surface area contributed by atoms with Crippen molar-refractivity contribution in [2.24, 2.45) is 0 Å². The van der Waals surface area contributed by atoms with E-state index in [2.05, 4.69) is 35.2 Å². The molecule has 0 unspecified atom stereocenters. The zero-order valence-electron chi connectivity index (χ0n) is 11.8. The van der Waals surface area contributed by atoms with E-state index in [0.29, 0.717) is 0 Å². The highest BCUT2D eigenvalue weighted by atomic mass is 16.5. The standard InChI is InChI=1S/C16H17N3O/c1-10-8-11(2)15(14(9-10)20-3)19-16-17-12-6-4-5-7-13(12)18-16/h4-9H,1-3H3,(H2,17,18,19). The quantitative estimate of drug-likeness (QED) is 0.756. The maximum atomic E-state index is 5.45. The van der Waals surface area contributed by atoms with Gasteiger partial charge in [0, 0.05) is 0 Å². The van der Waals surface area contributed by atoms with Crippen LogP contribution in [0.5, 0.6) is 5.75 Å². The minimum absolute atomic E-state index is 0.719. The van der Waals surface area contributed by atoms with Gasteiger partial charge in [-0.25, -0.2) is 4.98 Å². The summed E-state index contributed by atoms with van der Waals surface area (Å²) in [5.74, 6) is 1.54. The van der Waals surface area contributed by atoms with Crippen molar-refractivity contribution in [1.29, 1.82) is 0 Å². The van der Waals surface area contributed by atoms with Gasteiger partial charge in [-0.05, 0) is 43.2 Å². The first-order valence-electron chi connectivity index (χ1n) is 6.54. The monoisotopic (exact) mass is 267 g/mol. The van der Waals surface area contributed by atoms with Crippen molar-refractivity contribution in [1.82, 2.24) is 9.97 Å². The van der Waals surface area contributed by atoms with Crippen LogP contribution in [-0.2, 0) is 0 Å². The summed E-state index contributed by atoms with van der Waals surface area (Å²) in [6.45, 7) is 4.11. The van der Waals surface area contributed by atoms with Crippen molar-refractivity contribution in [2.75, 3.05) is 12.4 Å². The third kappa shape index (κ3) is 2.20. The number of hydrogen-bond acceptors (Lipinski definition) is 3. The van der Waals surface area contributed by atoms with E-state index in [1.54, 1.807) is 7.11 Å². The second kappa shape index (κ2) is 4.89. The minimum Gasteiger partial charge on any atom is -0.495 e. The minimum atomic E-state index is 0.719. The summed E-state index contributed by atoms with van der Waals surface area (Å²) in [4.78, 5) is 7.78. The molecule has 0 bridgehead atoms. The molecule has 3 rings (SSSR count). The number of hydrogen-bond donors (Lipinski definition) is 2. The van der Waals surface area contributed by atoms with Crippen LogP contribution in [0, 0.1) is 13.8 Å². The first-order chi connectivity index (χ1) is 9.67. The number of rotatable bonds is 3. The van der Waals surface area contributed by atoms with Gasteiger partial charge in [0.2, 0.25) is 5.95 Å². The van der Waals surface area contributed by atoms with Gasteiger partial charge in [-0.2, -0.15) is 0 Å². The molecule has 2 N–H and O–H groups in total. The second-order valence-corrected chi connectivity index (χ2v) is 4.89. The molecular formula is C16H17N3O. The number of benzene rings is 2. The summed E-state index contributed by atoms with van der Waals surface area (Å²) in [5, 5.41) is 3.32. The normalized spacial score (nSPS) is 10.8. The Bertz CT molecular complexity index is 729. The van der Waals surface area contributed by atoms with Crippen molar-refractivity contribution in [3.8, 4) is 5.75 Å². The predicted molar refractivity (Wildman–Crippen MR) is 81.8 cm³/mol. The van der Waals surface area contributed by atoms with E-state index in [9.17, 15) is 0 Å². The number of para-hydroxylation sites is 2. The maximum Gasteiger partial charge on any atom is 0.205 e. The number of aromatic amines is 1. The van der Waals surface area contributed by atoms with Gasteiger partial charge >= 0.3 is 0 Å². The van der Waals surface area contributed by atoms with Crippen molar-refractivity contribution >= 4 is 22.7 Å². The molecule has 2 aromatic carbocycles. The third-order valence-electron chi connectivity index (χ3n) is 3.30. The van der Waals surface area contributed by atoms with Crippen molar-refractivity contribution in [3.05, 3.63) is 47.5 Å². The van der Waals surface area contributed by atoms with Crippen LogP contribution in [0.2, 0.25) is 0 Å². The van der Waals surface area contributed by atoms with E-state index in [-0.39, 0.29) is 0 Å². The molecular weight excluding hydrogens is 250 g/mol. The van der Waals surface area contributed by atoms with Crippen LogP contribution < -0.4 is 10.1 Å². The van der Waals surface area contributed by atoms with Crippen LogP contribution in [0.3, 0.4) is 0 Å². The number of fused-ring (bicyclic) bond motifs is 1. The van der Waals surface area contributed by atoms with Crippen LogP contribution >= 0.6 is 0 Å². The fraction of sp³-hybridized carbons (Fsp3) is 0.188. The molecule has 0 atom stereocenters. The van der Waals surface area contributed by atoms with Gasteiger partial charge in [0.25, 0.3) is 0 Å². The zero-order chi connectivity index (χ0) is 14.1. The van der Waals surface area contributed by atoms with E-state index in [0.717, 1.165) is 34.0 Å². The number of nitrogens with zero attached hydrogens (tertiary/aromatic N) is 1. The number of methoxy groups -OCH3 is 1. The number of aryl methyl sites for hydroxylation is 2. The fourth-order valence-corrected chi connectivity index (χ4v) is 2.38. The Morgan fingerprint density at radius 1 is 1.15 bits per heavy atom. The number of imidazole rings is 1. The van der Waals surface area contributed by atoms with Gasteiger partial charge in [0.15, 0.2) is 0 Å². The average Bonchev–Trinajstić information content (AvgIpc) is 2.83. The molecule has 0 aliphatic heterocycles. The molecule has 4 heteroatoms. The number of H-pyrrole nitrogens is 1. The summed E-state index contributed by atoms with van der Waals surface area (Å²) < 4.78 is 5.45. The SMILES string of the molecule is COc1cc(C)cc(C)c1Nc1nc2ccccc2[nH]1. The molecule has 3 aromatic rings. The molecule has 20 heavy (non-hydrogen) atoms. The largest absolute Gasteiger partial charge is 0.495 e. The lowest BCUT2D eigenvalue weighted by atomic mass is 10.1. The summed E-state index contributed by atoms with van der Waals surface area (Å²) >= 11 is 0. The highest BCUT2D eigenvalue weighted by molar-refractivity contribution is 5.79. The van der Waals surface area contributed by atoms with Gasteiger partial charge in [-0.1, -0.05) is 18.2 Å². The Labute approximate surface area is 117 Å². The molecule has 0 aliphatic rings.